The maximum absolute atomic E-state index is 13.1. The van der Waals surface area contributed by atoms with E-state index in [4.69, 9.17) is 9.47 Å². The molecule has 154 valence electrons. The molecule has 0 radical (unpaired) electrons. The van der Waals surface area contributed by atoms with Gasteiger partial charge in [-0.05, 0) is 30.3 Å². The number of rotatable bonds is 8. The highest BCUT2D eigenvalue weighted by atomic mass is 19.1. The van der Waals surface area contributed by atoms with Crippen LogP contribution in [0.25, 0.3) is 0 Å². The molecule has 0 fully saturated rings. The fraction of sp³-hybridized carbons (Fsp3) is 0.250. The van der Waals surface area contributed by atoms with Gasteiger partial charge in [-0.15, -0.1) is 0 Å². The second kappa shape index (κ2) is 10.1. The van der Waals surface area contributed by atoms with Crippen molar-refractivity contribution in [2.24, 2.45) is 0 Å². The Hall–Kier alpha value is -3.62. The number of likely N-dealkylation sites (N-methyl/N-ethyl adjacent to an activating group) is 1. The molecule has 9 heteroatoms. The van der Waals surface area contributed by atoms with Crippen LogP contribution in [0.2, 0.25) is 0 Å². The number of anilines is 1. The van der Waals surface area contributed by atoms with Gasteiger partial charge in [0.1, 0.15) is 17.3 Å². The zero-order valence-electron chi connectivity index (χ0n) is 16.3. The zero-order chi connectivity index (χ0) is 21.4. The van der Waals surface area contributed by atoms with Crippen molar-refractivity contribution < 1.29 is 28.2 Å². The molecule has 2 N–H and O–H groups in total. The lowest BCUT2D eigenvalue weighted by Crippen LogP contribution is -2.41. The maximum atomic E-state index is 13.1. The summed E-state index contributed by atoms with van der Waals surface area (Å²) in [4.78, 5) is 37.6. The van der Waals surface area contributed by atoms with E-state index in [1.807, 2.05) is 0 Å². The van der Waals surface area contributed by atoms with Crippen LogP contribution < -0.4 is 20.1 Å². The number of halogens is 1. The minimum Gasteiger partial charge on any atom is -0.497 e. The highest BCUT2D eigenvalue weighted by molar-refractivity contribution is 5.98. The smallest absolute Gasteiger partial charge is 0.251 e. The fourth-order valence-corrected chi connectivity index (χ4v) is 2.40. The Bertz CT molecular complexity index is 881. The summed E-state index contributed by atoms with van der Waals surface area (Å²) < 4.78 is 23.4. The highest BCUT2D eigenvalue weighted by Gasteiger charge is 2.16. The normalized spacial score (nSPS) is 10.1. The molecule has 8 nitrogen and oxygen atoms in total. The molecule has 2 aromatic rings. The topological polar surface area (TPSA) is 97.0 Å². The average Bonchev–Trinajstić information content (AvgIpc) is 2.70. The van der Waals surface area contributed by atoms with Crippen molar-refractivity contribution in [1.82, 2.24) is 10.2 Å². The molecule has 2 aromatic carbocycles. The predicted molar refractivity (Wildman–Crippen MR) is 105 cm³/mol. The van der Waals surface area contributed by atoms with E-state index in [-0.39, 0.29) is 24.3 Å². The van der Waals surface area contributed by atoms with E-state index < -0.39 is 23.5 Å². The number of methoxy groups -OCH3 is 2. The van der Waals surface area contributed by atoms with Gasteiger partial charge in [-0.25, -0.2) is 4.39 Å². The molecule has 0 saturated carbocycles. The Morgan fingerprint density at radius 3 is 2.28 bits per heavy atom. The van der Waals surface area contributed by atoms with E-state index in [0.717, 1.165) is 4.90 Å². The van der Waals surface area contributed by atoms with E-state index in [1.54, 1.807) is 6.07 Å². The summed E-state index contributed by atoms with van der Waals surface area (Å²) in [7, 11) is 4.35. The van der Waals surface area contributed by atoms with Crippen molar-refractivity contribution in [2.75, 3.05) is 39.7 Å². The van der Waals surface area contributed by atoms with Gasteiger partial charge >= 0.3 is 0 Å². The standard InChI is InChI=1S/C20H22FN3O5/c1-24(12-18(25)23-15-6-4-5-14(21)9-15)19(26)11-22-20(27)13-7-16(28-2)10-17(8-13)29-3/h4-10H,11-12H2,1-3H3,(H,22,27)(H,23,25). The first-order valence-corrected chi connectivity index (χ1v) is 8.63. The molecule has 0 aromatic heterocycles. The van der Waals surface area contributed by atoms with Crippen LogP contribution in [0.1, 0.15) is 10.4 Å². The number of nitrogens with zero attached hydrogens (tertiary/aromatic N) is 1. The molecule has 0 unspecified atom stereocenters. The van der Waals surface area contributed by atoms with E-state index in [9.17, 15) is 18.8 Å². The Morgan fingerprint density at radius 2 is 1.69 bits per heavy atom. The van der Waals surface area contributed by atoms with Crippen molar-refractivity contribution in [2.45, 2.75) is 0 Å². The summed E-state index contributed by atoms with van der Waals surface area (Å²) in [6, 6.07) is 10.1. The van der Waals surface area contributed by atoms with Crippen molar-refractivity contribution >= 4 is 23.4 Å². The number of hydrogen-bond acceptors (Lipinski definition) is 5. The SMILES string of the molecule is COc1cc(OC)cc(C(=O)NCC(=O)N(C)CC(=O)Nc2cccc(F)c2)c1. The molecule has 0 aliphatic carbocycles. The minimum atomic E-state index is -0.492. The Kier molecular flexibility index (Phi) is 7.53. The third kappa shape index (κ3) is 6.49. The first-order chi connectivity index (χ1) is 13.8. The van der Waals surface area contributed by atoms with Gasteiger partial charge in [0.2, 0.25) is 11.8 Å². The van der Waals surface area contributed by atoms with Crippen molar-refractivity contribution in [3.8, 4) is 11.5 Å². The van der Waals surface area contributed by atoms with Crippen LogP contribution in [0.3, 0.4) is 0 Å². The van der Waals surface area contributed by atoms with Gasteiger partial charge in [-0.2, -0.15) is 0 Å². The lowest BCUT2D eigenvalue weighted by Gasteiger charge is -2.17. The molecule has 0 aliphatic rings. The molecule has 0 atom stereocenters. The van der Waals surface area contributed by atoms with Gasteiger partial charge in [-0.1, -0.05) is 6.07 Å². The number of ether oxygens (including phenoxy) is 2. The molecule has 2 rings (SSSR count). The second-order valence-corrected chi connectivity index (χ2v) is 6.09. The second-order valence-electron chi connectivity index (χ2n) is 6.09. The molecule has 0 saturated heterocycles. The van der Waals surface area contributed by atoms with Crippen LogP contribution >= 0.6 is 0 Å². The van der Waals surface area contributed by atoms with Gasteiger partial charge < -0.3 is 25.0 Å². The number of carbonyl (C=O) groups is 3. The van der Waals surface area contributed by atoms with E-state index in [1.165, 1.54) is 57.7 Å². The van der Waals surface area contributed by atoms with Crippen LogP contribution in [0.4, 0.5) is 10.1 Å². The van der Waals surface area contributed by atoms with E-state index in [2.05, 4.69) is 10.6 Å². The predicted octanol–water partition coefficient (Wildman–Crippen LogP) is 1.67. The summed E-state index contributed by atoms with van der Waals surface area (Å²) in [6.07, 6.45) is 0. The summed E-state index contributed by atoms with van der Waals surface area (Å²) in [5.41, 5.74) is 0.552. The zero-order valence-corrected chi connectivity index (χ0v) is 16.3. The van der Waals surface area contributed by atoms with Crippen LogP contribution in [0.15, 0.2) is 42.5 Å². The summed E-state index contributed by atoms with van der Waals surface area (Å²) in [6.45, 7) is -0.555. The fourth-order valence-electron chi connectivity index (χ4n) is 2.40. The quantitative estimate of drug-likeness (QED) is 0.699. The third-order valence-electron chi connectivity index (χ3n) is 3.93. The molecule has 3 amide bonds. The molecule has 0 aliphatic heterocycles. The molecule has 0 spiro atoms. The number of benzene rings is 2. The lowest BCUT2D eigenvalue weighted by atomic mass is 10.2. The number of nitrogens with one attached hydrogen (secondary N) is 2. The molecular formula is C20H22FN3O5. The van der Waals surface area contributed by atoms with Crippen LogP contribution in [-0.4, -0.2) is 57.0 Å². The average molecular weight is 403 g/mol. The van der Waals surface area contributed by atoms with E-state index in [0.29, 0.717) is 11.5 Å². The first kappa shape index (κ1) is 21.7. The number of amides is 3. The van der Waals surface area contributed by atoms with Gasteiger partial charge in [0.25, 0.3) is 5.91 Å². The van der Waals surface area contributed by atoms with Gasteiger partial charge in [0.15, 0.2) is 0 Å². The minimum absolute atomic E-state index is 0.252. The van der Waals surface area contributed by atoms with Crippen molar-refractivity contribution in [1.29, 1.82) is 0 Å². The molecule has 0 bridgehead atoms. The maximum Gasteiger partial charge on any atom is 0.251 e. The number of carbonyl (C=O) groups excluding carboxylic acids is 3. The Balaban J connectivity index is 1.87. The van der Waals surface area contributed by atoms with Crippen LogP contribution in [0, 0.1) is 5.82 Å². The van der Waals surface area contributed by atoms with Gasteiger partial charge in [0, 0.05) is 24.4 Å². The third-order valence-corrected chi connectivity index (χ3v) is 3.93. The summed E-state index contributed by atoms with van der Waals surface area (Å²) >= 11 is 0. The molecule has 0 heterocycles. The monoisotopic (exact) mass is 403 g/mol. The summed E-state index contributed by atoms with van der Waals surface area (Å²) in [5.74, 6) is -1.06. The van der Waals surface area contributed by atoms with Crippen LogP contribution in [-0.2, 0) is 9.59 Å². The highest BCUT2D eigenvalue weighted by Crippen LogP contribution is 2.22. The lowest BCUT2D eigenvalue weighted by molar-refractivity contribution is -0.132. The first-order valence-electron chi connectivity index (χ1n) is 8.63. The summed E-state index contributed by atoms with van der Waals surface area (Å²) in [5, 5.41) is 4.99. The van der Waals surface area contributed by atoms with Gasteiger partial charge in [0.05, 0.1) is 27.3 Å². The van der Waals surface area contributed by atoms with Crippen molar-refractivity contribution in [3.05, 3.63) is 53.8 Å². The van der Waals surface area contributed by atoms with Crippen molar-refractivity contribution in [3.63, 3.8) is 0 Å². The van der Waals surface area contributed by atoms with Crippen LogP contribution in [0.5, 0.6) is 11.5 Å². The molecular weight excluding hydrogens is 381 g/mol. The Morgan fingerprint density at radius 1 is 1.03 bits per heavy atom. The van der Waals surface area contributed by atoms with E-state index >= 15 is 0 Å². The van der Waals surface area contributed by atoms with Gasteiger partial charge in [-0.3, -0.25) is 14.4 Å². The number of hydrogen-bond donors (Lipinski definition) is 2. The Labute approximate surface area is 167 Å². The largest absolute Gasteiger partial charge is 0.497 e. The molecule has 29 heavy (non-hydrogen) atoms.